The highest BCUT2D eigenvalue weighted by molar-refractivity contribution is 7.99. The molecule has 4 rings (SSSR count). The summed E-state index contributed by atoms with van der Waals surface area (Å²) in [6, 6.07) is 11.2. The molecule has 4 aromatic rings. The average Bonchev–Trinajstić information content (AvgIpc) is 3.21. The van der Waals surface area contributed by atoms with Crippen LogP contribution in [-0.4, -0.2) is 19.7 Å². The molecule has 2 aromatic heterocycles. The highest BCUT2D eigenvalue weighted by Gasteiger charge is 2.22. The van der Waals surface area contributed by atoms with Gasteiger partial charge in [-0.3, -0.25) is 9.36 Å². The maximum atomic E-state index is 13.7. The van der Waals surface area contributed by atoms with E-state index < -0.39 is 5.82 Å². The van der Waals surface area contributed by atoms with Crippen molar-refractivity contribution in [3.05, 3.63) is 75.4 Å². The largest absolute Gasteiger partial charge is 0.338 e. The first kappa shape index (κ1) is 20.6. The van der Waals surface area contributed by atoms with E-state index in [1.165, 1.54) is 34.5 Å². The van der Waals surface area contributed by atoms with Gasteiger partial charge in [0, 0.05) is 5.92 Å². The summed E-state index contributed by atoms with van der Waals surface area (Å²) >= 11 is 7.27. The highest BCUT2D eigenvalue weighted by Crippen LogP contribution is 2.35. The number of benzene rings is 2. The minimum atomic E-state index is -0.558. The van der Waals surface area contributed by atoms with Gasteiger partial charge in [-0.1, -0.05) is 54.5 Å². The van der Waals surface area contributed by atoms with Gasteiger partial charge in [0.2, 0.25) is 5.89 Å². The molecule has 0 N–H and O–H groups in total. The molecule has 0 saturated heterocycles. The van der Waals surface area contributed by atoms with Gasteiger partial charge in [-0.25, -0.2) is 9.37 Å². The summed E-state index contributed by atoms with van der Waals surface area (Å²) in [5, 5.41) is 4.53. The predicted octanol–water partition coefficient (Wildman–Crippen LogP) is 5.54. The molecule has 0 aliphatic carbocycles. The topological polar surface area (TPSA) is 73.8 Å². The maximum absolute atomic E-state index is 13.7. The molecule has 0 amide bonds. The summed E-state index contributed by atoms with van der Waals surface area (Å²) in [4.78, 5) is 22.4. The lowest BCUT2D eigenvalue weighted by Crippen LogP contribution is -2.22. The van der Waals surface area contributed by atoms with Crippen LogP contribution in [0, 0.1) is 5.82 Å². The number of fused-ring (bicyclic) bond motifs is 1. The van der Waals surface area contributed by atoms with E-state index in [4.69, 9.17) is 16.1 Å². The Morgan fingerprint density at radius 1 is 1.13 bits per heavy atom. The molecule has 0 radical (unpaired) electrons. The highest BCUT2D eigenvalue weighted by atomic mass is 35.5. The zero-order valence-electron chi connectivity index (χ0n) is 16.5. The number of thioether (sulfide) groups is 1. The Balaban J connectivity index is 1.84. The van der Waals surface area contributed by atoms with E-state index in [0.717, 1.165) is 0 Å². The first-order valence-corrected chi connectivity index (χ1v) is 10.6. The van der Waals surface area contributed by atoms with Crippen molar-refractivity contribution in [2.75, 3.05) is 0 Å². The zero-order valence-corrected chi connectivity index (χ0v) is 18.0. The van der Waals surface area contributed by atoms with E-state index in [9.17, 15) is 9.18 Å². The fourth-order valence-corrected chi connectivity index (χ4v) is 4.03. The van der Waals surface area contributed by atoms with E-state index in [0.29, 0.717) is 33.5 Å². The van der Waals surface area contributed by atoms with Crippen LogP contribution in [-0.2, 0) is 0 Å². The third kappa shape index (κ3) is 3.85. The van der Waals surface area contributed by atoms with Gasteiger partial charge < -0.3 is 4.52 Å². The van der Waals surface area contributed by atoms with Crippen LogP contribution in [0.15, 0.2) is 56.9 Å². The lowest BCUT2D eigenvalue weighted by atomic mass is 10.2. The fraction of sp³-hybridized carbons (Fsp3) is 0.238. The SMILES string of the molecule is CC(C)c1noc([C@H](C)Sc2nc3ccccc3c(=O)n2-c2ccc(F)c(Cl)c2)n1. The molecular weight excluding hydrogens is 427 g/mol. The smallest absolute Gasteiger partial charge is 0.266 e. The van der Waals surface area contributed by atoms with E-state index in [1.807, 2.05) is 26.8 Å². The molecule has 0 unspecified atom stereocenters. The Labute approximate surface area is 181 Å². The van der Waals surface area contributed by atoms with Gasteiger partial charge in [-0.2, -0.15) is 4.98 Å². The van der Waals surface area contributed by atoms with Crippen molar-refractivity contribution in [3.8, 4) is 5.69 Å². The Morgan fingerprint density at radius 3 is 2.60 bits per heavy atom. The number of hydrogen-bond donors (Lipinski definition) is 0. The Kier molecular flexibility index (Phi) is 5.62. The molecule has 2 heterocycles. The van der Waals surface area contributed by atoms with Crippen molar-refractivity contribution in [1.29, 1.82) is 0 Å². The Hall–Kier alpha value is -2.71. The number of aromatic nitrogens is 4. The minimum absolute atomic E-state index is 0.0740. The average molecular weight is 445 g/mol. The first-order chi connectivity index (χ1) is 14.3. The Morgan fingerprint density at radius 2 is 1.90 bits per heavy atom. The van der Waals surface area contributed by atoms with Crippen molar-refractivity contribution in [3.63, 3.8) is 0 Å². The van der Waals surface area contributed by atoms with Crippen molar-refractivity contribution < 1.29 is 8.91 Å². The van der Waals surface area contributed by atoms with Gasteiger partial charge >= 0.3 is 0 Å². The van der Waals surface area contributed by atoms with Crippen LogP contribution in [0.4, 0.5) is 4.39 Å². The summed E-state index contributed by atoms with van der Waals surface area (Å²) < 4.78 is 20.5. The number of para-hydroxylation sites is 1. The van der Waals surface area contributed by atoms with Crippen molar-refractivity contribution in [2.45, 2.75) is 37.1 Å². The third-order valence-corrected chi connectivity index (χ3v) is 5.84. The van der Waals surface area contributed by atoms with Gasteiger partial charge in [0.1, 0.15) is 5.82 Å². The third-order valence-electron chi connectivity index (χ3n) is 4.51. The standard InChI is InChI=1S/C21H18ClFN4O2S/c1-11(2)18-25-19(29-26-18)12(3)30-21-24-17-7-5-4-6-14(17)20(28)27(21)13-8-9-16(23)15(22)10-13/h4-12H,1-3H3/t12-/m0/s1. The molecule has 0 aliphatic heterocycles. The monoisotopic (exact) mass is 444 g/mol. The molecule has 6 nitrogen and oxygen atoms in total. The Bertz CT molecular complexity index is 1290. The first-order valence-electron chi connectivity index (χ1n) is 9.32. The van der Waals surface area contributed by atoms with E-state index in [1.54, 1.807) is 18.2 Å². The molecule has 0 saturated carbocycles. The summed E-state index contributed by atoms with van der Waals surface area (Å²) in [6.45, 7) is 5.85. The van der Waals surface area contributed by atoms with Crippen LogP contribution in [0.5, 0.6) is 0 Å². The van der Waals surface area contributed by atoms with Crippen molar-refractivity contribution in [2.24, 2.45) is 0 Å². The lowest BCUT2D eigenvalue weighted by molar-refractivity contribution is 0.373. The van der Waals surface area contributed by atoms with Crippen LogP contribution in [0.25, 0.3) is 16.6 Å². The van der Waals surface area contributed by atoms with Crippen LogP contribution < -0.4 is 5.56 Å². The molecule has 0 aliphatic rings. The molecule has 0 spiro atoms. The maximum Gasteiger partial charge on any atom is 0.266 e. The summed E-state index contributed by atoms with van der Waals surface area (Å²) in [5.41, 5.74) is 0.717. The van der Waals surface area contributed by atoms with Crippen LogP contribution in [0.1, 0.15) is 43.7 Å². The van der Waals surface area contributed by atoms with E-state index in [-0.39, 0.29) is 21.7 Å². The second-order valence-electron chi connectivity index (χ2n) is 7.06. The number of hydrogen-bond acceptors (Lipinski definition) is 6. The molecule has 2 aromatic carbocycles. The quantitative estimate of drug-likeness (QED) is 0.297. The summed E-state index contributed by atoms with van der Waals surface area (Å²) in [5.74, 6) is 0.635. The molecule has 9 heteroatoms. The van der Waals surface area contributed by atoms with Crippen molar-refractivity contribution in [1.82, 2.24) is 19.7 Å². The number of nitrogens with zero attached hydrogens (tertiary/aromatic N) is 4. The van der Waals surface area contributed by atoms with Crippen LogP contribution in [0.3, 0.4) is 0 Å². The second kappa shape index (κ2) is 8.20. The van der Waals surface area contributed by atoms with Gasteiger partial charge in [0.25, 0.3) is 5.56 Å². The van der Waals surface area contributed by atoms with Gasteiger partial charge in [-0.05, 0) is 37.3 Å². The predicted molar refractivity (Wildman–Crippen MR) is 115 cm³/mol. The van der Waals surface area contributed by atoms with Crippen LogP contribution >= 0.6 is 23.4 Å². The zero-order chi connectivity index (χ0) is 21.4. The summed E-state index contributed by atoms with van der Waals surface area (Å²) in [6.07, 6.45) is 0. The summed E-state index contributed by atoms with van der Waals surface area (Å²) in [7, 11) is 0. The minimum Gasteiger partial charge on any atom is -0.338 e. The molecule has 0 bridgehead atoms. The van der Waals surface area contributed by atoms with Gasteiger partial charge in [0.05, 0.1) is 26.9 Å². The van der Waals surface area contributed by atoms with Crippen LogP contribution in [0.2, 0.25) is 5.02 Å². The number of halogens is 2. The van der Waals surface area contributed by atoms with E-state index >= 15 is 0 Å². The molecule has 30 heavy (non-hydrogen) atoms. The molecule has 0 fully saturated rings. The second-order valence-corrected chi connectivity index (χ2v) is 8.77. The lowest BCUT2D eigenvalue weighted by Gasteiger charge is -2.15. The van der Waals surface area contributed by atoms with E-state index in [2.05, 4.69) is 15.1 Å². The molecule has 1 atom stereocenters. The van der Waals surface area contributed by atoms with Crippen molar-refractivity contribution >= 4 is 34.3 Å². The molecule has 154 valence electrons. The molecular formula is C21H18ClFN4O2S. The normalized spacial score (nSPS) is 12.6. The number of rotatable bonds is 5. The fourth-order valence-electron chi connectivity index (χ4n) is 2.90. The van der Waals surface area contributed by atoms with Gasteiger partial charge in [0.15, 0.2) is 11.0 Å². The van der Waals surface area contributed by atoms with Gasteiger partial charge in [-0.15, -0.1) is 0 Å².